The Kier molecular flexibility index (Phi) is 7.65. The maximum atomic E-state index is 13.5. The molecule has 1 N–H and O–H groups in total. The summed E-state index contributed by atoms with van der Waals surface area (Å²) < 4.78 is 5.54. The van der Waals surface area contributed by atoms with Crippen LogP contribution < -0.4 is 10.2 Å². The predicted octanol–water partition coefficient (Wildman–Crippen LogP) is 2.44. The number of benzene rings is 1. The van der Waals surface area contributed by atoms with E-state index >= 15 is 0 Å². The number of carbonyl (C=O) groups excluding carboxylic acids is 3. The molecule has 38 heavy (non-hydrogen) atoms. The van der Waals surface area contributed by atoms with Crippen LogP contribution in [0.25, 0.3) is 11.3 Å². The Morgan fingerprint density at radius 1 is 1.18 bits per heavy atom. The van der Waals surface area contributed by atoms with Gasteiger partial charge in [-0.15, -0.1) is 11.3 Å². The Morgan fingerprint density at radius 3 is 2.58 bits per heavy atom. The lowest BCUT2D eigenvalue weighted by molar-refractivity contribution is -0.138. The average molecular weight is 538 g/mol. The molecule has 2 aromatic rings. The number of hydrogen-bond acceptors (Lipinski definition) is 8. The maximum Gasteiger partial charge on any atom is 0.251 e. The first-order valence-electron chi connectivity index (χ1n) is 13.1. The molecular formula is C28H35N5O4S. The van der Waals surface area contributed by atoms with Crippen LogP contribution in [0.5, 0.6) is 0 Å². The molecule has 0 bridgehead atoms. The van der Waals surface area contributed by atoms with Crippen molar-refractivity contribution in [2.45, 2.75) is 38.5 Å². The van der Waals surface area contributed by atoms with Crippen molar-refractivity contribution in [2.75, 3.05) is 51.3 Å². The van der Waals surface area contributed by atoms with Crippen LogP contribution in [0.2, 0.25) is 0 Å². The Morgan fingerprint density at radius 2 is 1.89 bits per heavy atom. The number of thiazole rings is 1. The van der Waals surface area contributed by atoms with Gasteiger partial charge in [-0.3, -0.25) is 14.4 Å². The third-order valence-electron chi connectivity index (χ3n) is 7.44. The first-order chi connectivity index (χ1) is 18.2. The van der Waals surface area contributed by atoms with Crippen LogP contribution in [-0.2, 0) is 14.3 Å². The summed E-state index contributed by atoms with van der Waals surface area (Å²) in [6.07, 6.45) is 0.0169. The van der Waals surface area contributed by atoms with Crippen LogP contribution in [-0.4, -0.2) is 96.9 Å². The van der Waals surface area contributed by atoms with Crippen molar-refractivity contribution in [3.05, 3.63) is 47.4 Å². The van der Waals surface area contributed by atoms with Crippen LogP contribution in [0.4, 0.5) is 5.13 Å². The minimum Gasteiger partial charge on any atom is -0.363 e. The fourth-order valence-corrected chi connectivity index (χ4v) is 6.17. The number of carbonyl (C=O) groups is 3. The van der Waals surface area contributed by atoms with E-state index in [1.54, 1.807) is 23.5 Å². The SMILES string of the molecule is C=C1CN(C(=O)[C@H](CC(C)C)NC(=O)c2ccc(-c3csc(N4CCN(C)CC4)n3)cc2)[C@@H]2C(=O)CO[C@H]12. The van der Waals surface area contributed by atoms with E-state index in [4.69, 9.17) is 9.72 Å². The second-order valence-electron chi connectivity index (χ2n) is 10.8. The number of piperazine rings is 1. The quantitative estimate of drug-likeness (QED) is 0.542. The van der Waals surface area contributed by atoms with Crippen LogP contribution >= 0.6 is 11.3 Å². The lowest BCUT2D eigenvalue weighted by atomic mass is 10.0. The van der Waals surface area contributed by atoms with Gasteiger partial charge in [0, 0.05) is 49.2 Å². The van der Waals surface area contributed by atoms with E-state index in [0.29, 0.717) is 12.0 Å². The first kappa shape index (κ1) is 26.5. The third kappa shape index (κ3) is 5.39. The molecule has 0 aliphatic carbocycles. The number of nitrogens with zero attached hydrogens (tertiary/aromatic N) is 4. The summed E-state index contributed by atoms with van der Waals surface area (Å²) in [7, 11) is 2.13. The van der Waals surface area contributed by atoms with E-state index in [1.165, 1.54) is 4.90 Å². The van der Waals surface area contributed by atoms with E-state index < -0.39 is 18.2 Å². The molecule has 3 aliphatic heterocycles. The molecule has 2 amide bonds. The largest absolute Gasteiger partial charge is 0.363 e. The highest BCUT2D eigenvalue weighted by molar-refractivity contribution is 7.14. The molecular weight excluding hydrogens is 502 g/mol. The molecule has 0 saturated carbocycles. The molecule has 3 atom stereocenters. The fourth-order valence-electron chi connectivity index (χ4n) is 5.28. The number of hydrogen-bond donors (Lipinski definition) is 1. The molecule has 0 spiro atoms. The zero-order valence-corrected chi connectivity index (χ0v) is 23.0. The molecule has 1 aromatic carbocycles. The summed E-state index contributed by atoms with van der Waals surface area (Å²) in [5, 5.41) is 5.99. The van der Waals surface area contributed by atoms with Gasteiger partial charge in [0.2, 0.25) is 5.91 Å². The second-order valence-corrected chi connectivity index (χ2v) is 11.6. The number of likely N-dealkylation sites (N-methyl/N-ethyl adjacent to an activating group) is 1. The smallest absolute Gasteiger partial charge is 0.251 e. The van der Waals surface area contributed by atoms with Gasteiger partial charge < -0.3 is 24.8 Å². The van der Waals surface area contributed by atoms with Gasteiger partial charge in [-0.1, -0.05) is 32.6 Å². The molecule has 1 aromatic heterocycles. The number of likely N-dealkylation sites (tertiary alicyclic amines) is 1. The Labute approximate surface area is 227 Å². The van der Waals surface area contributed by atoms with Crippen molar-refractivity contribution >= 4 is 34.1 Å². The normalized spacial score (nSPS) is 22.7. The lowest BCUT2D eigenvalue weighted by Gasteiger charge is -2.32. The number of aromatic nitrogens is 1. The highest BCUT2D eigenvalue weighted by atomic mass is 32.1. The molecule has 5 rings (SSSR count). The van der Waals surface area contributed by atoms with Crippen molar-refractivity contribution in [1.29, 1.82) is 0 Å². The zero-order valence-electron chi connectivity index (χ0n) is 22.2. The van der Waals surface area contributed by atoms with Gasteiger partial charge in [0.1, 0.15) is 24.8 Å². The minimum atomic E-state index is -0.744. The average Bonchev–Trinajstić information content (AvgIpc) is 3.62. The molecule has 9 nitrogen and oxygen atoms in total. The van der Waals surface area contributed by atoms with Gasteiger partial charge >= 0.3 is 0 Å². The number of nitrogens with one attached hydrogen (secondary N) is 1. The number of rotatable bonds is 7. The summed E-state index contributed by atoms with van der Waals surface area (Å²) >= 11 is 1.63. The summed E-state index contributed by atoms with van der Waals surface area (Å²) in [6, 6.07) is 5.92. The number of fused-ring (bicyclic) bond motifs is 1. The molecule has 202 valence electrons. The van der Waals surface area contributed by atoms with E-state index in [1.807, 2.05) is 31.4 Å². The number of anilines is 1. The van der Waals surface area contributed by atoms with Crippen molar-refractivity contribution < 1.29 is 19.1 Å². The summed E-state index contributed by atoms with van der Waals surface area (Å²) in [5.74, 6) is -0.543. The summed E-state index contributed by atoms with van der Waals surface area (Å²) in [4.78, 5) is 50.1. The Hall–Kier alpha value is -3.08. The Bertz CT molecular complexity index is 1220. The lowest BCUT2D eigenvalue weighted by Crippen LogP contribution is -2.52. The number of Topliss-reactive ketones (excluding diaryl/α,β-unsaturated/α-hetero) is 1. The van der Waals surface area contributed by atoms with Gasteiger partial charge in [0.25, 0.3) is 5.91 Å². The predicted molar refractivity (Wildman–Crippen MR) is 147 cm³/mol. The molecule has 4 heterocycles. The topological polar surface area (TPSA) is 95.1 Å². The third-order valence-corrected chi connectivity index (χ3v) is 8.34. The molecule has 3 fully saturated rings. The molecule has 3 saturated heterocycles. The Balaban J connectivity index is 1.26. The van der Waals surface area contributed by atoms with Crippen molar-refractivity contribution in [2.24, 2.45) is 5.92 Å². The summed E-state index contributed by atoms with van der Waals surface area (Å²) in [6.45, 7) is 12.2. The van der Waals surface area contributed by atoms with E-state index in [-0.39, 0.29) is 36.7 Å². The maximum absolute atomic E-state index is 13.5. The van der Waals surface area contributed by atoms with Crippen molar-refractivity contribution in [1.82, 2.24) is 20.1 Å². The van der Waals surface area contributed by atoms with Gasteiger partial charge in [0.05, 0.1) is 5.69 Å². The van der Waals surface area contributed by atoms with E-state index in [2.05, 4.69) is 28.7 Å². The molecule has 0 radical (unpaired) electrons. The summed E-state index contributed by atoms with van der Waals surface area (Å²) in [5.41, 5.74) is 3.01. The monoisotopic (exact) mass is 537 g/mol. The first-order valence-corrected chi connectivity index (χ1v) is 14.0. The standard InChI is InChI=1S/C28H35N5O4S/c1-17(2)13-21(27(36)33-14-18(3)25-24(33)23(34)15-37-25)29-26(35)20-7-5-19(6-8-20)22-16-38-28(30-22)32-11-9-31(4)10-12-32/h5-8,16-17,21,24-25H,3,9-15H2,1-2,4H3,(H,29,35)/t21-,24+,25+/m0/s1. The van der Waals surface area contributed by atoms with E-state index in [0.717, 1.165) is 48.1 Å². The number of ether oxygens (including phenoxy) is 1. The van der Waals surface area contributed by atoms with Crippen LogP contribution in [0, 0.1) is 5.92 Å². The molecule has 3 aliphatic rings. The minimum absolute atomic E-state index is 0.0124. The second kappa shape index (κ2) is 11.0. The van der Waals surface area contributed by atoms with Crippen LogP contribution in [0.1, 0.15) is 30.6 Å². The van der Waals surface area contributed by atoms with Crippen molar-refractivity contribution in [3.8, 4) is 11.3 Å². The van der Waals surface area contributed by atoms with Gasteiger partial charge in [-0.2, -0.15) is 0 Å². The molecule has 10 heteroatoms. The van der Waals surface area contributed by atoms with Gasteiger partial charge in [-0.05, 0) is 37.1 Å². The van der Waals surface area contributed by atoms with E-state index in [9.17, 15) is 14.4 Å². The van der Waals surface area contributed by atoms with Crippen molar-refractivity contribution in [3.63, 3.8) is 0 Å². The zero-order chi connectivity index (χ0) is 27.0. The molecule has 0 unspecified atom stereocenters. The number of amides is 2. The highest BCUT2D eigenvalue weighted by Gasteiger charge is 2.50. The van der Waals surface area contributed by atoms with Gasteiger partial charge in [-0.25, -0.2) is 4.98 Å². The van der Waals surface area contributed by atoms with Gasteiger partial charge in [0.15, 0.2) is 10.9 Å². The number of ketones is 1. The fraction of sp³-hybridized carbons (Fsp3) is 0.500. The van der Waals surface area contributed by atoms with Crippen LogP contribution in [0.15, 0.2) is 41.8 Å². The highest BCUT2D eigenvalue weighted by Crippen LogP contribution is 2.31. The van der Waals surface area contributed by atoms with Crippen LogP contribution in [0.3, 0.4) is 0 Å².